The maximum absolute atomic E-state index is 12.9. The maximum atomic E-state index is 12.9. The molecule has 1 aromatic carbocycles. The lowest BCUT2D eigenvalue weighted by Gasteiger charge is -2.40. The van der Waals surface area contributed by atoms with E-state index in [0.29, 0.717) is 13.2 Å². The highest BCUT2D eigenvalue weighted by molar-refractivity contribution is 5.22. The van der Waals surface area contributed by atoms with Crippen LogP contribution in [0.3, 0.4) is 0 Å². The van der Waals surface area contributed by atoms with E-state index in [1.165, 1.54) is 12.1 Å². The van der Waals surface area contributed by atoms with Gasteiger partial charge in [0.1, 0.15) is 5.82 Å². The minimum Gasteiger partial charge on any atom is -0.374 e. The smallest absolute Gasteiger partial charge is 0.123 e. The molecular weight excluding hydrogens is 219 g/mol. The highest BCUT2D eigenvalue weighted by Crippen LogP contribution is 2.28. The molecule has 0 bridgehead atoms. The Labute approximate surface area is 101 Å². The number of hydrogen-bond acceptors (Lipinski definition) is 3. The first-order chi connectivity index (χ1) is 8.26. The van der Waals surface area contributed by atoms with Crippen molar-refractivity contribution in [1.82, 2.24) is 4.90 Å². The van der Waals surface area contributed by atoms with Crippen molar-refractivity contribution in [2.45, 2.75) is 19.1 Å². The van der Waals surface area contributed by atoms with Gasteiger partial charge in [-0.05, 0) is 24.2 Å². The SMILES string of the molecule is CCN1CCOC(CN)C1c1ccc(F)cc1. The summed E-state index contributed by atoms with van der Waals surface area (Å²) >= 11 is 0. The molecule has 1 aromatic rings. The Balaban J connectivity index is 2.26. The molecule has 94 valence electrons. The van der Waals surface area contributed by atoms with Crippen LogP contribution in [0.25, 0.3) is 0 Å². The van der Waals surface area contributed by atoms with Crippen molar-refractivity contribution in [2.24, 2.45) is 5.73 Å². The Morgan fingerprint density at radius 1 is 1.41 bits per heavy atom. The Hall–Kier alpha value is -0.970. The van der Waals surface area contributed by atoms with Gasteiger partial charge in [-0.2, -0.15) is 0 Å². The lowest BCUT2D eigenvalue weighted by atomic mass is 9.98. The molecule has 2 N–H and O–H groups in total. The summed E-state index contributed by atoms with van der Waals surface area (Å²) in [5, 5.41) is 0. The number of hydrogen-bond donors (Lipinski definition) is 1. The van der Waals surface area contributed by atoms with Crippen LogP contribution in [0.1, 0.15) is 18.5 Å². The lowest BCUT2D eigenvalue weighted by Crippen LogP contribution is -2.48. The summed E-state index contributed by atoms with van der Waals surface area (Å²) in [7, 11) is 0. The molecule has 1 aliphatic heterocycles. The molecule has 1 saturated heterocycles. The van der Waals surface area contributed by atoms with Gasteiger partial charge in [-0.1, -0.05) is 19.1 Å². The molecule has 0 saturated carbocycles. The van der Waals surface area contributed by atoms with Crippen LogP contribution in [0.5, 0.6) is 0 Å². The predicted molar refractivity (Wildman–Crippen MR) is 65.2 cm³/mol. The zero-order valence-electron chi connectivity index (χ0n) is 10.1. The van der Waals surface area contributed by atoms with Crippen LogP contribution in [0.2, 0.25) is 0 Å². The van der Waals surface area contributed by atoms with Gasteiger partial charge in [0.2, 0.25) is 0 Å². The minimum atomic E-state index is -0.210. The van der Waals surface area contributed by atoms with Gasteiger partial charge in [0.15, 0.2) is 0 Å². The molecule has 2 atom stereocenters. The summed E-state index contributed by atoms with van der Waals surface area (Å²) in [5.41, 5.74) is 6.82. The normalized spacial score (nSPS) is 26.1. The van der Waals surface area contributed by atoms with Gasteiger partial charge in [0.25, 0.3) is 0 Å². The van der Waals surface area contributed by atoms with Crippen LogP contribution in [0.15, 0.2) is 24.3 Å². The standard InChI is InChI=1S/C13H19FN2O/c1-2-16-7-8-17-12(9-15)13(16)10-3-5-11(14)6-4-10/h3-6,12-13H,2,7-9,15H2,1H3. The van der Waals surface area contributed by atoms with Gasteiger partial charge in [-0.15, -0.1) is 0 Å². The molecule has 0 radical (unpaired) electrons. The average Bonchev–Trinajstić information content (AvgIpc) is 2.38. The molecule has 0 aliphatic carbocycles. The second kappa shape index (κ2) is 5.58. The molecule has 2 rings (SSSR count). The second-order valence-electron chi connectivity index (χ2n) is 4.27. The summed E-state index contributed by atoms with van der Waals surface area (Å²) in [5.74, 6) is -0.210. The lowest BCUT2D eigenvalue weighted by molar-refractivity contribution is -0.0658. The van der Waals surface area contributed by atoms with Crippen LogP contribution in [-0.4, -0.2) is 37.2 Å². The fourth-order valence-corrected chi connectivity index (χ4v) is 2.42. The summed E-state index contributed by atoms with van der Waals surface area (Å²) in [4.78, 5) is 2.33. The van der Waals surface area contributed by atoms with Crippen molar-refractivity contribution in [3.8, 4) is 0 Å². The molecule has 1 heterocycles. The molecule has 4 heteroatoms. The molecule has 0 aromatic heterocycles. The molecule has 1 fully saturated rings. The van der Waals surface area contributed by atoms with E-state index in [2.05, 4.69) is 11.8 Å². The quantitative estimate of drug-likeness (QED) is 0.868. The number of halogens is 1. The van der Waals surface area contributed by atoms with Crippen molar-refractivity contribution in [2.75, 3.05) is 26.2 Å². The van der Waals surface area contributed by atoms with Crippen molar-refractivity contribution >= 4 is 0 Å². The third-order valence-electron chi connectivity index (χ3n) is 3.31. The Morgan fingerprint density at radius 3 is 2.71 bits per heavy atom. The summed E-state index contributed by atoms with van der Waals surface area (Å²) in [6.07, 6.45) is -0.00541. The topological polar surface area (TPSA) is 38.5 Å². The Morgan fingerprint density at radius 2 is 2.12 bits per heavy atom. The van der Waals surface area contributed by atoms with Gasteiger partial charge in [0, 0.05) is 13.1 Å². The van der Waals surface area contributed by atoms with E-state index in [1.807, 2.05) is 12.1 Å². The Bertz CT molecular complexity index is 343. The van der Waals surface area contributed by atoms with Gasteiger partial charge < -0.3 is 10.5 Å². The van der Waals surface area contributed by atoms with Crippen molar-refractivity contribution in [3.63, 3.8) is 0 Å². The van der Waals surface area contributed by atoms with Crippen LogP contribution in [0, 0.1) is 5.82 Å². The first-order valence-corrected chi connectivity index (χ1v) is 6.07. The largest absolute Gasteiger partial charge is 0.374 e. The zero-order valence-corrected chi connectivity index (χ0v) is 10.1. The van der Waals surface area contributed by atoms with Gasteiger partial charge in [0.05, 0.1) is 18.8 Å². The fraction of sp³-hybridized carbons (Fsp3) is 0.538. The van der Waals surface area contributed by atoms with E-state index in [9.17, 15) is 4.39 Å². The second-order valence-corrected chi connectivity index (χ2v) is 4.27. The minimum absolute atomic E-state index is 0.00541. The van der Waals surface area contributed by atoms with E-state index >= 15 is 0 Å². The summed E-state index contributed by atoms with van der Waals surface area (Å²) in [6, 6.07) is 6.76. The number of nitrogens with two attached hydrogens (primary N) is 1. The Kier molecular flexibility index (Phi) is 4.10. The molecule has 0 spiro atoms. The fourth-order valence-electron chi connectivity index (χ4n) is 2.42. The first kappa shape index (κ1) is 12.5. The molecule has 17 heavy (non-hydrogen) atoms. The number of morpholine rings is 1. The van der Waals surface area contributed by atoms with E-state index in [-0.39, 0.29) is 18.0 Å². The number of rotatable bonds is 3. The van der Waals surface area contributed by atoms with Crippen LogP contribution < -0.4 is 5.73 Å². The van der Waals surface area contributed by atoms with Gasteiger partial charge >= 0.3 is 0 Å². The van der Waals surface area contributed by atoms with E-state index < -0.39 is 0 Å². The summed E-state index contributed by atoms with van der Waals surface area (Å²) < 4.78 is 18.6. The van der Waals surface area contributed by atoms with Crippen LogP contribution in [-0.2, 0) is 4.74 Å². The van der Waals surface area contributed by atoms with Crippen molar-refractivity contribution < 1.29 is 9.13 Å². The number of benzene rings is 1. The summed E-state index contributed by atoms with van der Waals surface area (Å²) in [6.45, 7) is 5.16. The highest BCUT2D eigenvalue weighted by Gasteiger charge is 2.31. The molecular formula is C13H19FN2O. The molecule has 1 aliphatic rings. The maximum Gasteiger partial charge on any atom is 0.123 e. The first-order valence-electron chi connectivity index (χ1n) is 6.07. The van der Waals surface area contributed by atoms with Crippen molar-refractivity contribution in [3.05, 3.63) is 35.6 Å². The number of ether oxygens (including phenoxy) is 1. The third kappa shape index (κ3) is 2.65. The zero-order chi connectivity index (χ0) is 12.3. The van der Waals surface area contributed by atoms with Gasteiger partial charge in [-0.3, -0.25) is 4.90 Å². The monoisotopic (exact) mass is 238 g/mol. The predicted octanol–water partition coefficient (Wildman–Crippen LogP) is 1.55. The van der Waals surface area contributed by atoms with Crippen molar-refractivity contribution in [1.29, 1.82) is 0 Å². The number of likely N-dealkylation sites (N-methyl/N-ethyl adjacent to an activating group) is 1. The van der Waals surface area contributed by atoms with E-state index in [4.69, 9.17) is 10.5 Å². The highest BCUT2D eigenvalue weighted by atomic mass is 19.1. The molecule has 2 unspecified atom stereocenters. The van der Waals surface area contributed by atoms with Gasteiger partial charge in [-0.25, -0.2) is 4.39 Å². The van der Waals surface area contributed by atoms with E-state index in [1.54, 1.807) is 0 Å². The number of nitrogens with zero attached hydrogens (tertiary/aromatic N) is 1. The van der Waals surface area contributed by atoms with Crippen LogP contribution in [0.4, 0.5) is 4.39 Å². The molecule has 3 nitrogen and oxygen atoms in total. The van der Waals surface area contributed by atoms with E-state index in [0.717, 1.165) is 18.7 Å². The average molecular weight is 238 g/mol. The van der Waals surface area contributed by atoms with Crippen LogP contribution >= 0.6 is 0 Å². The molecule has 0 amide bonds. The third-order valence-corrected chi connectivity index (χ3v) is 3.31.